The summed E-state index contributed by atoms with van der Waals surface area (Å²) < 4.78 is 19.4. The molecule has 2 aromatic heterocycles. The van der Waals surface area contributed by atoms with Crippen LogP contribution in [0.1, 0.15) is 27.8 Å². The van der Waals surface area contributed by atoms with Crippen molar-refractivity contribution >= 4 is 39.2 Å². The monoisotopic (exact) mass is 425 g/mol. The standard InChI is InChI=1S/C22H17ClFN3O3/c1-27(22(29)17-8-14-15(23)3-2-4-16(14)25-17)19-10-30-9-18-20(19)12-6-5-11(24)7-13(12)21(28)26-18/h2-8,19,25H,9-10H2,1H3,(H,26,28)/t19-/m1/s1. The van der Waals surface area contributed by atoms with Crippen molar-refractivity contribution < 1.29 is 13.9 Å². The number of pyridine rings is 1. The topological polar surface area (TPSA) is 78.2 Å². The first kappa shape index (κ1) is 18.8. The Morgan fingerprint density at radius 2 is 2.00 bits per heavy atom. The zero-order valence-electron chi connectivity index (χ0n) is 16.0. The van der Waals surface area contributed by atoms with E-state index in [0.717, 1.165) is 16.5 Å². The lowest BCUT2D eigenvalue weighted by Gasteiger charge is -2.33. The first-order chi connectivity index (χ1) is 14.4. The van der Waals surface area contributed by atoms with Gasteiger partial charge in [-0.05, 0) is 35.7 Å². The van der Waals surface area contributed by atoms with Crippen LogP contribution in [0.4, 0.5) is 4.39 Å². The van der Waals surface area contributed by atoms with Gasteiger partial charge in [0.15, 0.2) is 0 Å². The van der Waals surface area contributed by atoms with Crippen molar-refractivity contribution in [3.05, 3.63) is 80.6 Å². The molecule has 0 fully saturated rings. The van der Waals surface area contributed by atoms with Gasteiger partial charge in [-0.1, -0.05) is 23.7 Å². The summed E-state index contributed by atoms with van der Waals surface area (Å²) in [5.41, 5.74) is 2.14. The van der Waals surface area contributed by atoms with E-state index in [1.807, 2.05) is 12.1 Å². The third-order valence-corrected chi connectivity index (χ3v) is 5.92. The summed E-state index contributed by atoms with van der Waals surface area (Å²) in [5, 5.41) is 2.19. The fourth-order valence-electron chi connectivity index (χ4n) is 4.09. The van der Waals surface area contributed by atoms with Crippen LogP contribution in [0.5, 0.6) is 0 Å². The summed E-state index contributed by atoms with van der Waals surface area (Å²) in [6.07, 6.45) is 0. The van der Waals surface area contributed by atoms with Crippen molar-refractivity contribution in [2.24, 2.45) is 0 Å². The number of ether oxygens (including phenoxy) is 1. The normalized spacial score (nSPS) is 16.0. The zero-order valence-corrected chi connectivity index (χ0v) is 16.7. The molecule has 1 aliphatic rings. The van der Waals surface area contributed by atoms with E-state index in [1.165, 1.54) is 12.1 Å². The molecule has 5 rings (SSSR count). The number of carbonyl (C=O) groups is 1. The molecule has 0 saturated carbocycles. The number of benzene rings is 2. The number of nitrogens with one attached hydrogen (secondary N) is 2. The Hall–Kier alpha value is -3.16. The second kappa shape index (κ2) is 6.97. The molecule has 2 N–H and O–H groups in total. The Morgan fingerprint density at radius 3 is 2.80 bits per heavy atom. The number of amides is 1. The number of hydrogen-bond acceptors (Lipinski definition) is 3. The molecule has 0 bridgehead atoms. The van der Waals surface area contributed by atoms with Crippen LogP contribution in [-0.4, -0.2) is 34.4 Å². The number of halogens is 2. The zero-order chi connectivity index (χ0) is 21.0. The first-order valence-electron chi connectivity index (χ1n) is 9.40. The Kier molecular flexibility index (Phi) is 4.38. The van der Waals surface area contributed by atoms with E-state index in [9.17, 15) is 14.0 Å². The maximum absolute atomic E-state index is 13.7. The van der Waals surface area contributed by atoms with Gasteiger partial charge in [0.05, 0.1) is 24.6 Å². The summed E-state index contributed by atoms with van der Waals surface area (Å²) in [6.45, 7) is 0.479. The van der Waals surface area contributed by atoms with Gasteiger partial charge in [0.25, 0.3) is 11.5 Å². The van der Waals surface area contributed by atoms with E-state index < -0.39 is 11.9 Å². The van der Waals surface area contributed by atoms with Crippen LogP contribution in [0.3, 0.4) is 0 Å². The predicted octanol–water partition coefficient (Wildman–Crippen LogP) is 4.15. The van der Waals surface area contributed by atoms with Crippen LogP contribution in [0.25, 0.3) is 21.7 Å². The summed E-state index contributed by atoms with van der Waals surface area (Å²) in [4.78, 5) is 33.1. The Morgan fingerprint density at radius 1 is 1.17 bits per heavy atom. The fraction of sp³-hybridized carbons (Fsp3) is 0.182. The van der Waals surface area contributed by atoms with Gasteiger partial charge in [-0.25, -0.2) is 4.39 Å². The largest absolute Gasteiger partial charge is 0.373 e. The van der Waals surface area contributed by atoms with Crippen LogP contribution < -0.4 is 5.56 Å². The molecule has 1 aliphatic heterocycles. The van der Waals surface area contributed by atoms with Gasteiger partial charge in [-0.2, -0.15) is 0 Å². The van der Waals surface area contributed by atoms with Gasteiger partial charge < -0.3 is 19.6 Å². The van der Waals surface area contributed by atoms with Crippen LogP contribution >= 0.6 is 11.6 Å². The lowest BCUT2D eigenvalue weighted by Crippen LogP contribution is -2.37. The minimum absolute atomic E-state index is 0.221. The highest BCUT2D eigenvalue weighted by Crippen LogP contribution is 2.34. The van der Waals surface area contributed by atoms with Crippen molar-refractivity contribution in [3.63, 3.8) is 0 Å². The minimum atomic E-state index is -0.490. The van der Waals surface area contributed by atoms with E-state index in [0.29, 0.717) is 21.8 Å². The first-order valence-corrected chi connectivity index (χ1v) is 9.78. The Bertz CT molecular complexity index is 1380. The molecule has 2 aromatic carbocycles. The number of likely N-dealkylation sites (N-methyl/N-ethyl adjacent to an activating group) is 1. The number of fused-ring (bicyclic) bond motifs is 4. The van der Waals surface area contributed by atoms with E-state index in [4.69, 9.17) is 16.3 Å². The van der Waals surface area contributed by atoms with Crippen LogP contribution in [0, 0.1) is 5.82 Å². The molecular formula is C22H17ClFN3O3. The van der Waals surface area contributed by atoms with Crippen LogP contribution in [0.15, 0.2) is 47.3 Å². The molecule has 1 amide bonds. The van der Waals surface area contributed by atoms with Gasteiger partial charge >= 0.3 is 0 Å². The quantitative estimate of drug-likeness (QED) is 0.506. The lowest BCUT2D eigenvalue weighted by molar-refractivity contribution is 0.0333. The fourth-order valence-corrected chi connectivity index (χ4v) is 4.32. The molecule has 0 saturated heterocycles. The van der Waals surface area contributed by atoms with Crippen molar-refractivity contribution in [2.45, 2.75) is 12.6 Å². The number of rotatable bonds is 2. The maximum Gasteiger partial charge on any atom is 0.270 e. The van der Waals surface area contributed by atoms with E-state index in [1.54, 1.807) is 30.1 Å². The van der Waals surface area contributed by atoms with E-state index in [2.05, 4.69) is 9.97 Å². The molecule has 0 spiro atoms. The molecule has 8 heteroatoms. The molecule has 1 atom stereocenters. The number of aromatic nitrogens is 2. The van der Waals surface area contributed by atoms with Gasteiger partial charge in [0.2, 0.25) is 0 Å². The van der Waals surface area contributed by atoms with Crippen molar-refractivity contribution in [2.75, 3.05) is 13.7 Å². The van der Waals surface area contributed by atoms with Gasteiger partial charge in [-0.15, -0.1) is 0 Å². The summed E-state index contributed by atoms with van der Waals surface area (Å²) >= 11 is 6.23. The molecule has 152 valence electrons. The van der Waals surface area contributed by atoms with E-state index in [-0.39, 0.29) is 30.1 Å². The third kappa shape index (κ3) is 2.89. The number of hydrogen-bond donors (Lipinski definition) is 2. The van der Waals surface area contributed by atoms with Crippen LogP contribution in [-0.2, 0) is 11.3 Å². The summed E-state index contributed by atoms with van der Waals surface area (Å²) in [6, 6.07) is 10.8. The lowest BCUT2D eigenvalue weighted by atomic mass is 9.95. The average Bonchev–Trinajstić information content (AvgIpc) is 3.18. The molecule has 0 radical (unpaired) electrons. The molecule has 0 aliphatic carbocycles. The third-order valence-electron chi connectivity index (χ3n) is 5.59. The van der Waals surface area contributed by atoms with Gasteiger partial charge in [0, 0.05) is 34.2 Å². The molecule has 6 nitrogen and oxygen atoms in total. The second-order valence-electron chi connectivity index (χ2n) is 7.37. The Balaban J connectivity index is 1.60. The molecule has 30 heavy (non-hydrogen) atoms. The van der Waals surface area contributed by atoms with Crippen molar-refractivity contribution in [1.82, 2.24) is 14.9 Å². The number of carbonyl (C=O) groups excluding carboxylic acids is 1. The SMILES string of the molecule is CN(C(=O)c1cc2c(Cl)cccc2[nH]1)[C@@H]1COCc2[nH]c(=O)c3cc(F)ccc3c21. The molecule has 4 aromatic rings. The smallest absolute Gasteiger partial charge is 0.270 e. The summed E-state index contributed by atoms with van der Waals surface area (Å²) in [7, 11) is 1.68. The summed E-state index contributed by atoms with van der Waals surface area (Å²) in [5.74, 6) is -0.735. The minimum Gasteiger partial charge on any atom is -0.373 e. The Labute approximate surface area is 175 Å². The molecular weight excluding hydrogens is 409 g/mol. The van der Waals surface area contributed by atoms with Gasteiger partial charge in [0.1, 0.15) is 11.5 Å². The number of aromatic amines is 2. The maximum atomic E-state index is 13.7. The highest BCUT2D eigenvalue weighted by molar-refractivity contribution is 6.35. The molecule has 0 unspecified atom stereocenters. The predicted molar refractivity (Wildman–Crippen MR) is 112 cm³/mol. The van der Waals surface area contributed by atoms with Crippen LogP contribution in [0.2, 0.25) is 5.02 Å². The van der Waals surface area contributed by atoms with Crippen molar-refractivity contribution in [1.29, 1.82) is 0 Å². The van der Waals surface area contributed by atoms with E-state index >= 15 is 0 Å². The molecule has 3 heterocycles. The van der Waals surface area contributed by atoms with Crippen molar-refractivity contribution in [3.8, 4) is 0 Å². The van der Waals surface area contributed by atoms with Gasteiger partial charge in [-0.3, -0.25) is 9.59 Å². The number of H-pyrrole nitrogens is 2. The second-order valence-corrected chi connectivity index (χ2v) is 7.77. The number of nitrogens with zero attached hydrogens (tertiary/aromatic N) is 1. The highest BCUT2D eigenvalue weighted by atomic mass is 35.5. The average molecular weight is 426 g/mol. The highest BCUT2D eigenvalue weighted by Gasteiger charge is 2.31.